The van der Waals surface area contributed by atoms with Crippen molar-refractivity contribution < 1.29 is 19.1 Å². The number of carbonyl (C=O) groups excluding carboxylic acids is 2. The molecule has 8 nitrogen and oxygen atoms in total. The Labute approximate surface area is 177 Å². The van der Waals surface area contributed by atoms with Gasteiger partial charge in [-0.3, -0.25) is 10.6 Å². The van der Waals surface area contributed by atoms with Crippen LogP contribution < -0.4 is 22.1 Å². The van der Waals surface area contributed by atoms with Crippen LogP contribution in [0.1, 0.15) is 41.5 Å². The van der Waals surface area contributed by atoms with Crippen molar-refractivity contribution in [3.05, 3.63) is 48.5 Å². The Bertz CT molecular complexity index is 837. The quantitative estimate of drug-likeness (QED) is 0.496. The van der Waals surface area contributed by atoms with E-state index in [-0.39, 0.29) is 0 Å². The van der Waals surface area contributed by atoms with Crippen molar-refractivity contribution in [2.45, 2.75) is 52.7 Å². The van der Waals surface area contributed by atoms with Crippen molar-refractivity contribution in [1.82, 2.24) is 0 Å². The van der Waals surface area contributed by atoms with Crippen molar-refractivity contribution in [2.75, 3.05) is 22.1 Å². The van der Waals surface area contributed by atoms with Crippen molar-refractivity contribution in [3.63, 3.8) is 0 Å². The van der Waals surface area contributed by atoms with E-state index in [2.05, 4.69) is 10.6 Å². The summed E-state index contributed by atoms with van der Waals surface area (Å²) in [5.41, 5.74) is 12.7. The van der Waals surface area contributed by atoms with Crippen LogP contribution in [0.25, 0.3) is 0 Å². The fourth-order valence-electron chi connectivity index (χ4n) is 2.03. The van der Waals surface area contributed by atoms with E-state index in [4.69, 9.17) is 20.9 Å². The van der Waals surface area contributed by atoms with Crippen molar-refractivity contribution >= 4 is 34.9 Å². The number of carbonyl (C=O) groups is 2. The van der Waals surface area contributed by atoms with Crippen LogP contribution in [0.4, 0.5) is 32.3 Å². The fourth-order valence-corrected chi connectivity index (χ4v) is 2.03. The van der Waals surface area contributed by atoms with E-state index in [9.17, 15) is 9.59 Å². The van der Waals surface area contributed by atoms with Gasteiger partial charge in [0.2, 0.25) is 0 Å². The highest BCUT2D eigenvalue weighted by molar-refractivity contribution is 5.85. The zero-order chi connectivity index (χ0) is 22.9. The average molecular weight is 417 g/mol. The zero-order valence-corrected chi connectivity index (χ0v) is 18.4. The van der Waals surface area contributed by atoms with Gasteiger partial charge in [-0.15, -0.1) is 0 Å². The van der Waals surface area contributed by atoms with Crippen LogP contribution >= 0.6 is 0 Å². The van der Waals surface area contributed by atoms with Crippen LogP contribution in [0, 0.1) is 0 Å². The average Bonchev–Trinajstić information content (AvgIpc) is 2.54. The lowest BCUT2D eigenvalue weighted by Crippen LogP contribution is -2.27. The fraction of sp³-hybridized carbons (Fsp3) is 0.364. The van der Waals surface area contributed by atoms with Gasteiger partial charge in [0, 0.05) is 22.7 Å². The van der Waals surface area contributed by atoms with Gasteiger partial charge in [-0.2, -0.15) is 0 Å². The maximum atomic E-state index is 11.4. The van der Waals surface area contributed by atoms with Gasteiger partial charge in [0.05, 0.1) is 0 Å². The summed E-state index contributed by atoms with van der Waals surface area (Å²) in [6, 6.07) is 13.8. The lowest BCUT2D eigenvalue weighted by molar-refractivity contribution is 0.0624. The molecule has 8 heteroatoms. The Morgan fingerprint density at radius 1 is 0.700 bits per heavy atom. The number of ether oxygens (including phenoxy) is 2. The van der Waals surface area contributed by atoms with Gasteiger partial charge in [-0.25, -0.2) is 9.59 Å². The van der Waals surface area contributed by atoms with E-state index in [1.807, 2.05) is 41.5 Å². The Hall–Kier alpha value is -3.42. The molecule has 2 amide bonds. The summed E-state index contributed by atoms with van der Waals surface area (Å²) >= 11 is 0. The third kappa shape index (κ3) is 11.4. The highest BCUT2D eigenvalue weighted by Crippen LogP contribution is 2.15. The molecule has 0 fully saturated rings. The maximum absolute atomic E-state index is 11.4. The molecule has 2 aromatic carbocycles. The molecule has 0 aliphatic heterocycles. The molecule has 164 valence electrons. The molecule has 0 aliphatic carbocycles. The number of amides is 2. The van der Waals surface area contributed by atoms with Crippen LogP contribution in [0.2, 0.25) is 0 Å². The standard InChI is InChI=1S/2C11H16N2O2/c1-11(2,3)15-10(14)13-9-6-4-8(12)5-7-9;1-11(2,3)15-10(14)13-9-6-4-5-8(12)7-9/h2*4-7H,12H2,1-3H3,(H,13,14). The number of rotatable bonds is 2. The number of hydrogen-bond acceptors (Lipinski definition) is 6. The summed E-state index contributed by atoms with van der Waals surface area (Å²) in [6.45, 7) is 10.9. The Kier molecular flexibility index (Phi) is 8.52. The molecule has 6 N–H and O–H groups in total. The second kappa shape index (κ2) is 10.4. The number of benzene rings is 2. The van der Waals surface area contributed by atoms with E-state index in [1.165, 1.54) is 0 Å². The lowest BCUT2D eigenvalue weighted by Gasteiger charge is -2.19. The van der Waals surface area contributed by atoms with Crippen LogP contribution in [-0.2, 0) is 9.47 Å². The predicted molar refractivity (Wildman–Crippen MR) is 121 cm³/mol. The molecule has 0 spiro atoms. The third-order valence-corrected chi connectivity index (χ3v) is 3.09. The van der Waals surface area contributed by atoms with Gasteiger partial charge >= 0.3 is 12.2 Å². The van der Waals surface area contributed by atoms with E-state index < -0.39 is 23.4 Å². The van der Waals surface area contributed by atoms with Crippen LogP contribution in [0.5, 0.6) is 0 Å². The summed E-state index contributed by atoms with van der Waals surface area (Å²) in [4.78, 5) is 22.7. The number of nitrogen functional groups attached to an aromatic ring is 2. The van der Waals surface area contributed by atoms with Crippen molar-refractivity contribution in [3.8, 4) is 0 Å². The molecule has 0 radical (unpaired) electrons. The van der Waals surface area contributed by atoms with Crippen LogP contribution in [-0.4, -0.2) is 23.4 Å². The van der Waals surface area contributed by atoms with Crippen molar-refractivity contribution in [2.24, 2.45) is 0 Å². The van der Waals surface area contributed by atoms with Crippen molar-refractivity contribution in [1.29, 1.82) is 0 Å². The van der Waals surface area contributed by atoms with Gasteiger partial charge < -0.3 is 20.9 Å². The number of nitrogens with one attached hydrogen (secondary N) is 2. The molecule has 0 atom stereocenters. The minimum absolute atomic E-state index is 0.465. The monoisotopic (exact) mass is 416 g/mol. The smallest absolute Gasteiger partial charge is 0.412 e. The first-order valence-corrected chi connectivity index (χ1v) is 9.44. The molecule has 2 aromatic rings. The molecule has 2 rings (SSSR count). The summed E-state index contributed by atoms with van der Waals surface area (Å²) < 4.78 is 10.2. The molecule has 0 aromatic heterocycles. The third-order valence-electron chi connectivity index (χ3n) is 3.09. The first-order chi connectivity index (χ1) is 13.7. The molecule has 0 saturated heterocycles. The molecule has 0 saturated carbocycles. The van der Waals surface area contributed by atoms with Gasteiger partial charge in [0.15, 0.2) is 0 Å². The maximum Gasteiger partial charge on any atom is 0.412 e. The van der Waals surface area contributed by atoms with Crippen LogP contribution in [0.15, 0.2) is 48.5 Å². The predicted octanol–water partition coefficient (Wildman–Crippen LogP) is 5.23. The molecular formula is C22H32N4O4. The van der Waals surface area contributed by atoms with Gasteiger partial charge in [0.25, 0.3) is 0 Å². The largest absolute Gasteiger partial charge is 0.444 e. The first-order valence-electron chi connectivity index (χ1n) is 9.44. The second-order valence-electron chi connectivity index (χ2n) is 8.50. The van der Waals surface area contributed by atoms with Crippen LogP contribution in [0.3, 0.4) is 0 Å². The van der Waals surface area contributed by atoms with Gasteiger partial charge in [-0.1, -0.05) is 6.07 Å². The Balaban J connectivity index is 0.000000300. The van der Waals surface area contributed by atoms with E-state index in [1.54, 1.807) is 48.5 Å². The summed E-state index contributed by atoms with van der Waals surface area (Å²) in [5, 5.41) is 5.21. The minimum Gasteiger partial charge on any atom is -0.444 e. The SMILES string of the molecule is CC(C)(C)OC(=O)Nc1ccc(N)cc1.CC(C)(C)OC(=O)Nc1cccc(N)c1. The summed E-state index contributed by atoms with van der Waals surface area (Å²) in [5.74, 6) is 0. The molecule has 0 aliphatic rings. The number of hydrogen-bond donors (Lipinski definition) is 4. The molecule has 0 heterocycles. The Morgan fingerprint density at radius 2 is 1.17 bits per heavy atom. The van der Waals surface area contributed by atoms with E-state index >= 15 is 0 Å². The van der Waals surface area contributed by atoms with E-state index in [0.717, 1.165) is 0 Å². The molecular weight excluding hydrogens is 384 g/mol. The topological polar surface area (TPSA) is 129 Å². The highest BCUT2D eigenvalue weighted by Gasteiger charge is 2.16. The number of anilines is 4. The normalized spacial score (nSPS) is 10.9. The van der Waals surface area contributed by atoms with Gasteiger partial charge in [0.1, 0.15) is 11.2 Å². The highest BCUT2D eigenvalue weighted by atomic mass is 16.6. The number of nitrogens with two attached hydrogens (primary N) is 2. The molecule has 30 heavy (non-hydrogen) atoms. The first kappa shape index (κ1) is 24.6. The molecule has 0 unspecified atom stereocenters. The molecule has 0 bridgehead atoms. The van der Waals surface area contributed by atoms with E-state index in [0.29, 0.717) is 22.7 Å². The second-order valence-corrected chi connectivity index (χ2v) is 8.50. The Morgan fingerprint density at radius 3 is 1.60 bits per heavy atom. The summed E-state index contributed by atoms with van der Waals surface area (Å²) in [6.07, 6.45) is -0.944. The minimum atomic E-state index is -0.496. The van der Waals surface area contributed by atoms with Gasteiger partial charge in [-0.05, 0) is 84.0 Å². The lowest BCUT2D eigenvalue weighted by atomic mass is 10.2. The zero-order valence-electron chi connectivity index (χ0n) is 18.4. The summed E-state index contributed by atoms with van der Waals surface area (Å²) in [7, 11) is 0.